The normalized spacial score (nSPS) is 10.3. The number of nitrogens with zero attached hydrogens (tertiary/aromatic N) is 2. The summed E-state index contributed by atoms with van der Waals surface area (Å²) in [4.78, 5) is 12.4. The molecule has 17 heavy (non-hydrogen) atoms. The van der Waals surface area contributed by atoms with E-state index < -0.39 is 0 Å². The fourth-order valence-corrected chi connectivity index (χ4v) is 1.80. The third kappa shape index (κ3) is 3.52. The second kappa shape index (κ2) is 5.77. The Morgan fingerprint density at radius 3 is 2.65 bits per heavy atom. The Balaban J connectivity index is 2.55. The highest BCUT2D eigenvalue weighted by molar-refractivity contribution is 7.80. The van der Waals surface area contributed by atoms with Gasteiger partial charge in [-0.3, -0.25) is 9.48 Å². The van der Waals surface area contributed by atoms with Crippen molar-refractivity contribution in [2.24, 2.45) is 12.8 Å². The molecule has 1 heterocycles. The molecule has 0 atom stereocenters. The van der Waals surface area contributed by atoms with Crippen LogP contribution in [-0.4, -0.2) is 27.2 Å². The average Bonchev–Trinajstić information content (AvgIpc) is 2.48. The van der Waals surface area contributed by atoms with Crippen LogP contribution in [0.3, 0.4) is 0 Å². The van der Waals surface area contributed by atoms with Crippen LogP contribution in [-0.2, 0) is 7.05 Å². The molecule has 0 radical (unpaired) electrons. The van der Waals surface area contributed by atoms with Crippen molar-refractivity contribution >= 4 is 23.1 Å². The van der Waals surface area contributed by atoms with Crippen LogP contribution in [0.5, 0.6) is 0 Å². The summed E-state index contributed by atoms with van der Waals surface area (Å²) < 4.78 is 1.71. The van der Waals surface area contributed by atoms with Gasteiger partial charge in [0.1, 0.15) is 0 Å². The van der Waals surface area contributed by atoms with Gasteiger partial charge in [-0.05, 0) is 26.7 Å². The number of nitrogens with two attached hydrogens (primary N) is 1. The van der Waals surface area contributed by atoms with E-state index in [0.29, 0.717) is 23.5 Å². The fourth-order valence-electron chi connectivity index (χ4n) is 1.66. The smallest absolute Gasteiger partial charge is 0.255 e. The molecule has 0 bridgehead atoms. The van der Waals surface area contributed by atoms with E-state index in [4.69, 9.17) is 18.0 Å². The Kier molecular flexibility index (Phi) is 4.62. The molecule has 1 aromatic heterocycles. The van der Waals surface area contributed by atoms with Crippen LogP contribution >= 0.6 is 12.2 Å². The molecule has 0 saturated carbocycles. The van der Waals surface area contributed by atoms with Crippen molar-refractivity contribution in [2.45, 2.75) is 26.7 Å². The number of carbonyl (C=O) groups is 1. The van der Waals surface area contributed by atoms with Crippen molar-refractivity contribution in [3.8, 4) is 0 Å². The number of aryl methyl sites for hydroxylation is 2. The van der Waals surface area contributed by atoms with Gasteiger partial charge in [-0.2, -0.15) is 5.10 Å². The van der Waals surface area contributed by atoms with Gasteiger partial charge < -0.3 is 11.1 Å². The molecule has 1 rings (SSSR count). The van der Waals surface area contributed by atoms with Crippen LogP contribution in [0.15, 0.2) is 0 Å². The maximum Gasteiger partial charge on any atom is 0.255 e. The molecule has 0 spiro atoms. The van der Waals surface area contributed by atoms with E-state index in [9.17, 15) is 4.79 Å². The van der Waals surface area contributed by atoms with E-state index in [2.05, 4.69) is 10.4 Å². The summed E-state index contributed by atoms with van der Waals surface area (Å²) in [5.74, 6) is -0.0870. The van der Waals surface area contributed by atoms with Crippen molar-refractivity contribution in [2.75, 3.05) is 6.54 Å². The second-order valence-electron chi connectivity index (χ2n) is 4.00. The minimum atomic E-state index is -0.0870. The molecule has 0 aromatic carbocycles. The molecule has 1 aromatic rings. The lowest BCUT2D eigenvalue weighted by atomic mass is 10.2. The third-order valence-electron chi connectivity index (χ3n) is 2.62. The van der Waals surface area contributed by atoms with Crippen LogP contribution in [0.4, 0.5) is 0 Å². The van der Waals surface area contributed by atoms with E-state index in [-0.39, 0.29) is 5.91 Å². The van der Waals surface area contributed by atoms with Gasteiger partial charge in [-0.15, -0.1) is 0 Å². The van der Waals surface area contributed by atoms with Crippen molar-refractivity contribution in [1.82, 2.24) is 15.1 Å². The summed E-state index contributed by atoms with van der Waals surface area (Å²) in [5.41, 5.74) is 7.65. The van der Waals surface area contributed by atoms with Crippen LogP contribution in [0.2, 0.25) is 0 Å². The monoisotopic (exact) mass is 254 g/mol. The molecule has 3 N–H and O–H groups in total. The summed E-state index contributed by atoms with van der Waals surface area (Å²) in [5, 5.41) is 7.05. The molecule has 0 unspecified atom stereocenters. The van der Waals surface area contributed by atoms with E-state index in [1.807, 2.05) is 20.9 Å². The summed E-state index contributed by atoms with van der Waals surface area (Å²) in [6.45, 7) is 4.28. The Morgan fingerprint density at radius 1 is 1.53 bits per heavy atom. The number of amides is 1. The Morgan fingerprint density at radius 2 is 2.18 bits per heavy atom. The molecule has 1 amide bonds. The van der Waals surface area contributed by atoms with Crippen molar-refractivity contribution in [1.29, 1.82) is 0 Å². The summed E-state index contributed by atoms with van der Waals surface area (Å²) in [6.07, 6.45) is 1.42. The minimum absolute atomic E-state index is 0.0870. The van der Waals surface area contributed by atoms with E-state index in [1.165, 1.54) is 0 Å². The van der Waals surface area contributed by atoms with Crippen molar-refractivity contribution < 1.29 is 4.79 Å². The first-order valence-corrected chi connectivity index (χ1v) is 5.91. The molecule has 5 nitrogen and oxygen atoms in total. The quantitative estimate of drug-likeness (QED) is 0.603. The standard InChI is InChI=1S/C11H18N4OS/c1-7-10(8(2)15(3)14-7)11(16)13-6-4-5-9(12)17/h4-6H2,1-3H3,(H2,12,17)(H,13,16). The number of hydrogen-bond donors (Lipinski definition) is 2. The maximum atomic E-state index is 11.9. The van der Waals surface area contributed by atoms with Crippen LogP contribution < -0.4 is 11.1 Å². The predicted octanol–water partition coefficient (Wildman–Crippen LogP) is 0.833. The predicted molar refractivity (Wildman–Crippen MR) is 71.0 cm³/mol. The molecule has 0 aliphatic heterocycles. The zero-order valence-electron chi connectivity index (χ0n) is 10.4. The van der Waals surface area contributed by atoms with Gasteiger partial charge in [0.05, 0.1) is 16.2 Å². The van der Waals surface area contributed by atoms with Gasteiger partial charge in [-0.1, -0.05) is 12.2 Å². The third-order valence-corrected chi connectivity index (χ3v) is 2.83. The molecule has 0 aliphatic carbocycles. The SMILES string of the molecule is Cc1nn(C)c(C)c1C(=O)NCCCC(N)=S. The lowest BCUT2D eigenvalue weighted by molar-refractivity contribution is 0.0952. The van der Waals surface area contributed by atoms with Gasteiger partial charge in [0, 0.05) is 19.3 Å². The number of thiocarbonyl (C=S) groups is 1. The molecule has 94 valence electrons. The van der Waals surface area contributed by atoms with Gasteiger partial charge in [0.15, 0.2) is 0 Å². The van der Waals surface area contributed by atoms with Crippen molar-refractivity contribution in [3.63, 3.8) is 0 Å². The van der Waals surface area contributed by atoms with E-state index in [1.54, 1.807) is 4.68 Å². The van der Waals surface area contributed by atoms with Gasteiger partial charge in [0.2, 0.25) is 0 Å². The molecular weight excluding hydrogens is 236 g/mol. The number of rotatable bonds is 5. The van der Waals surface area contributed by atoms with E-state index in [0.717, 1.165) is 17.8 Å². The second-order valence-corrected chi connectivity index (χ2v) is 4.52. The lowest BCUT2D eigenvalue weighted by Crippen LogP contribution is -2.26. The summed E-state index contributed by atoms with van der Waals surface area (Å²) >= 11 is 4.76. The summed E-state index contributed by atoms with van der Waals surface area (Å²) in [7, 11) is 1.83. The van der Waals surface area contributed by atoms with Gasteiger partial charge >= 0.3 is 0 Å². The van der Waals surface area contributed by atoms with Crippen molar-refractivity contribution in [3.05, 3.63) is 17.0 Å². The first-order chi connectivity index (χ1) is 7.93. The topological polar surface area (TPSA) is 72.9 Å². The zero-order valence-corrected chi connectivity index (χ0v) is 11.2. The maximum absolute atomic E-state index is 11.9. The Labute approximate surface area is 106 Å². The van der Waals surface area contributed by atoms with Crippen LogP contribution in [0.1, 0.15) is 34.6 Å². The highest BCUT2D eigenvalue weighted by Gasteiger charge is 2.16. The number of aromatic nitrogens is 2. The van der Waals surface area contributed by atoms with Crippen LogP contribution in [0.25, 0.3) is 0 Å². The summed E-state index contributed by atoms with van der Waals surface area (Å²) in [6, 6.07) is 0. The minimum Gasteiger partial charge on any atom is -0.393 e. The van der Waals surface area contributed by atoms with Gasteiger partial charge in [-0.25, -0.2) is 0 Å². The number of carbonyl (C=O) groups excluding carboxylic acids is 1. The Hall–Kier alpha value is -1.43. The Bertz CT molecular complexity index is 439. The fraction of sp³-hybridized carbons (Fsp3) is 0.545. The highest BCUT2D eigenvalue weighted by Crippen LogP contribution is 2.11. The first-order valence-electron chi connectivity index (χ1n) is 5.50. The molecule has 0 fully saturated rings. The molecule has 6 heteroatoms. The average molecular weight is 254 g/mol. The molecular formula is C11H18N4OS. The molecule has 0 aliphatic rings. The molecule has 0 saturated heterocycles. The first kappa shape index (κ1) is 13.6. The van der Waals surface area contributed by atoms with Crippen LogP contribution in [0, 0.1) is 13.8 Å². The van der Waals surface area contributed by atoms with E-state index >= 15 is 0 Å². The number of nitrogens with one attached hydrogen (secondary N) is 1. The number of hydrogen-bond acceptors (Lipinski definition) is 3. The highest BCUT2D eigenvalue weighted by atomic mass is 32.1. The zero-order chi connectivity index (χ0) is 13.0. The lowest BCUT2D eigenvalue weighted by Gasteiger charge is -2.05. The van der Waals surface area contributed by atoms with Gasteiger partial charge in [0.25, 0.3) is 5.91 Å². The largest absolute Gasteiger partial charge is 0.393 e.